The Morgan fingerprint density at radius 2 is 1.47 bits per heavy atom. The van der Waals surface area contributed by atoms with Crippen molar-refractivity contribution in [2.45, 2.75) is 23.2 Å². The fraction of sp³-hybridized carbons (Fsp3) is 0.125. The van der Waals surface area contributed by atoms with E-state index in [9.17, 15) is 13.2 Å². The van der Waals surface area contributed by atoms with Gasteiger partial charge in [0.15, 0.2) is 5.78 Å². The fourth-order valence-corrected chi connectivity index (χ4v) is 4.42. The molecule has 0 aliphatic rings. The number of aryl methyl sites for hydroxylation is 1. The van der Waals surface area contributed by atoms with Crippen molar-refractivity contribution in [3.05, 3.63) is 108 Å². The highest BCUT2D eigenvalue weighted by atomic mass is 35.5. The largest absolute Gasteiger partial charge is 0.292 e. The number of halogens is 1. The third kappa shape index (κ3) is 5.66. The van der Waals surface area contributed by atoms with Crippen molar-refractivity contribution in [3.63, 3.8) is 0 Å². The van der Waals surface area contributed by atoms with Crippen LogP contribution < -0.4 is 4.72 Å². The molecule has 154 valence electrons. The molecular formula is C24H22ClNO3S. The number of alkyl halides is 1. The van der Waals surface area contributed by atoms with Crippen molar-refractivity contribution < 1.29 is 13.2 Å². The zero-order chi connectivity index (χ0) is 21.6. The summed E-state index contributed by atoms with van der Waals surface area (Å²) in [6, 6.07) is 23.5. The minimum atomic E-state index is -3.88. The molecule has 0 spiro atoms. The van der Waals surface area contributed by atoms with Crippen LogP contribution >= 0.6 is 11.6 Å². The van der Waals surface area contributed by atoms with Gasteiger partial charge >= 0.3 is 0 Å². The maximum Gasteiger partial charge on any atom is 0.241 e. The average molecular weight is 440 g/mol. The molecular weight excluding hydrogens is 418 g/mol. The van der Waals surface area contributed by atoms with Gasteiger partial charge in [-0.2, -0.15) is 0 Å². The quantitative estimate of drug-likeness (QED) is 0.403. The van der Waals surface area contributed by atoms with E-state index in [-0.39, 0.29) is 10.7 Å². The lowest BCUT2D eigenvalue weighted by Gasteiger charge is -2.20. The Morgan fingerprint density at radius 3 is 2.07 bits per heavy atom. The summed E-state index contributed by atoms with van der Waals surface area (Å²) in [5, 5.41) is -1.12. The molecule has 4 nitrogen and oxygen atoms in total. The van der Waals surface area contributed by atoms with Crippen LogP contribution in [0.1, 0.15) is 21.5 Å². The molecule has 0 aromatic heterocycles. The third-order valence-corrected chi connectivity index (χ3v) is 6.49. The summed E-state index contributed by atoms with van der Waals surface area (Å²) in [6.07, 6.45) is 3.36. The number of hydrogen-bond donors (Lipinski definition) is 1. The summed E-state index contributed by atoms with van der Waals surface area (Å²) in [6.45, 7) is 1.88. The van der Waals surface area contributed by atoms with Gasteiger partial charge in [0.25, 0.3) is 0 Å². The van der Waals surface area contributed by atoms with Crippen LogP contribution in [0.4, 0.5) is 0 Å². The second kappa shape index (κ2) is 9.85. The first-order valence-corrected chi connectivity index (χ1v) is 11.3. The molecule has 3 rings (SSSR count). The zero-order valence-electron chi connectivity index (χ0n) is 16.4. The van der Waals surface area contributed by atoms with Crippen LogP contribution in [-0.4, -0.2) is 25.6 Å². The monoisotopic (exact) mass is 439 g/mol. The van der Waals surface area contributed by atoms with Crippen LogP contribution in [0, 0.1) is 6.92 Å². The fourth-order valence-electron chi connectivity index (χ4n) is 2.86. The molecule has 0 aliphatic carbocycles. The number of carbonyl (C=O) groups excluding carboxylic acids is 1. The molecule has 3 aromatic carbocycles. The molecule has 0 fully saturated rings. The minimum Gasteiger partial charge on any atom is -0.292 e. The Bertz CT molecular complexity index is 1110. The van der Waals surface area contributed by atoms with Gasteiger partial charge in [0.1, 0.15) is 5.38 Å². The van der Waals surface area contributed by atoms with E-state index in [1.165, 1.54) is 12.1 Å². The number of nitrogens with one attached hydrogen (secondary N) is 1. The van der Waals surface area contributed by atoms with E-state index in [2.05, 4.69) is 4.72 Å². The maximum absolute atomic E-state index is 12.9. The van der Waals surface area contributed by atoms with Gasteiger partial charge in [-0.3, -0.25) is 4.79 Å². The van der Waals surface area contributed by atoms with Gasteiger partial charge in [-0.05, 0) is 24.6 Å². The number of carbonyl (C=O) groups is 1. The van der Waals surface area contributed by atoms with Crippen LogP contribution in [0.2, 0.25) is 0 Å². The molecule has 2 atom stereocenters. The number of benzene rings is 3. The molecule has 1 N–H and O–H groups in total. The molecule has 0 aliphatic heterocycles. The molecule has 0 heterocycles. The van der Waals surface area contributed by atoms with Gasteiger partial charge in [-0.1, -0.05) is 90.5 Å². The van der Waals surface area contributed by atoms with Gasteiger partial charge < -0.3 is 0 Å². The maximum atomic E-state index is 12.9. The predicted molar refractivity (Wildman–Crippen MR) is 121 cm³/mol. The number of rotatable bonds is 8. The second-order valence-corrected chi connectivity index (χ2v) is 9.05. The summed E-state index contributed by atoms with van der Waals surface area (Å²) in [4.78, 5) is 13.0. The van der Waals surface area contributed by atoms with E-state index in [4.69, 9.17) is 11.6 Å². The zero-order valence-corrected chi connectivity index (χ0v) is 18.0. The van der Waals surface area contributed by atoms with Gasteiger partial charge in [-0.25, -0.2) is 13.1 Å². The average Bonchev–Trinajstić information content (AvgIpc) is 2.77. The third-order valence-electron chi connectivity index (χ3n) is 4.54. The number of Topliss-reactive ketones (excluding diaryl/α,β-unsaturated/α-hetero) is 1. The molecule has 0 saturated carbocycles. The van der Waals surface area contributed by atoms with Crippen LogP contribution in [0.3, 0.4) is 0 Å². The van der Waals surface area contributed by atoms with Crippen molar-refractivity contribution in [2.24, 2.45) is 0 Å². The Kier molecular flexibility index (Phi) is 7.21. The van der Waals surface area contributed by atoms with Crippen molar-refractivity contribution >= 4 is 33.5 Å². The molecule has 0 unspecified atom stereocenters. The van der Waals surface area contributed by atoms with E-state index in [0.717, 1.165) is 11.1 Å². The summed E-state index contributed by atoms with van der Waals surface area (Å²) in [5.74, 6) is -0.355. The highest BCUT2D eigenvalue weighted by Gasteiger charge is 2.29. The van der Waals surface area contributed by atoms with Gasteiger partial charge in [-0.15, -0.1) is 11.6 Å². The van der Waals surface area contributed by atoms with Gasteiger partial charge in [0.05, 0.1) is 10.9 Å². The number of ketones is 1. The van der Waals surface area contributed by atoms with E-state index in [1.54, 1.807) is 54.6 Å². The van der Waals surface area contributed by atoms with Crippen LogP contribution in [0.15, 0.2) is 95.9 Å². The van der Waals surface area contributed by atoms with Crippen LogP contribution in [0.25, 0.3) is 6.08 Å². The molecule has 0 amide bonds. The SMILES string of the molecule is Cc1ccc(S(=O)(=O)N[C@H](/C=C/c2ccccc2)[C@@H](Cl)C(=O)c2ccccc2)cc1. The molecule has 0 saturated heterocycles. The summed E-state index contributed by atoms with van der Waals surface area (Å²) in [7, 11) is -3.88. The summed E-state index contributed by atoms with van der Waals surface area (Å²) in [5.41, 5.74) is 2.24. The minimum absolute atomic E-state index is 0.113. The molecule has 0 radical (unpaired) electrons. The molecule has 6 heteroatoms. The van der Waals surface area contributed by atoms with Crippen LogP contribution in [0.5, 0.6) is 0 Å². The van der Waals surface area contributed by atoms with E-state index in [0.29, 0.717) is 5.56 Å². The first kappa shape index (κ1) is 22.0. The van der Waals surface area contributed by atoms with Gasteiger partial charge in [0.2, 0.25) is 10.0 Å². The normalized spacial score (nSPS) is 13.8. The predicted octanol–water partition coefficient (Wildman–Crippen LogP) is 4.85. The van der Waals surface area contributed by atoms with Crippen molar-refractivity contribution in [3.8, 4) is 0 Å². The lowest BCUT2D eigenvalue weighted by molar-refractivity contribution is 0.0982. The Morgan fingerprint density at radius 1 is 0.900 bits per heavy atom. The van der Waals surface area contributed by atoms with Crippen molar-refractivity contribution in [2.75, 3.05) is 0 Å². The highest BCUT2D eigenvalue weighted by molar-refractivity contribution is 7.89. The molecule has 3 aromatic rings. The Labute approximate surface area is 182 Å². The first-order chi connectivity index (χ1) is 14.4. The van der Waals surface area contributed by atoms with E-state index >= 15 is 0 Å². The Balaban J connectivity index is 1.91. The highest BCUT2D eigenvalue weighted by Crippen LogP contribution is 2.18. The second-order valence-electron chi connectivity index (χ2n) is 6.86. The van der Waals surface area contributed by atoms with Crippen molar-refractivity contribution in [1.82, 2.24) is 4.72 Å². The lowest BCUT2D eigenvalue weighted by atomic mass is 10.0. The van der Waals surface area contributed by atoms with Crippen molar-refractivity contribution in [1.29, 1.82) is 0 Å². The lowest BCUT2D eigenvalue weighted by Crippen LogP contribution is -2.43. The van der Waals surface area contributed by atoms with E-state index in [1.807, 2.05) is 37.3 Å². The van der Waals surface area contributed by atoms with Gasteiger partial charge in [0, 0.05) is 5.56 Å². The summed E-state index contributed by atoms with van der Waals surface area (Å²) >= 11 is 6.49. The summed E-state index contributed by atoms with van der Waals surface area (Å²) < 4.78 is 28.4. The van der Waals surface area contributed by atoms with Crippen LogP contribution in [-0.2, 0) is 10.0 Å². The molecule has 30 heavy (non-hydrogen) atoms. The van der Waals surface area contributed by atoms with E-state index < -0.39 is 21.4 Å². The first-order valence-electron chi connectivity index (χ1n) is 9.42. The number of hydrogen-bond acceptors (Lipinski definition) is 3. The topological polar surface area (TPSA) is 63.2 Å². The molecule has 0 bridgehead atoms. The Hall–Kier alpha value is -2.73. The number of sulfonamides is 1. The standard InChI is InChI=1S/C24H22ClNO3S/c1-18-12-15-21(16-13-18)30(28,29)26-22(17-14-19-8-4-2-5-9-19)23(25)24(27)20-10-6-3-7-11-20/h2-17,22-23,26H,1H3/b17-14+/t22-,23-/m1/s1. The smallest absolute Gasteiger partial charge is 0.241 e.